The highest BCUT2D eigenvalue weighted by Crippen LogP contribution is 2.29. The van der Waals surface area contributed by atoms with E-state index in [9.17, 15) is 0 Å². The second kappa shape index (κ2) is 7.46. The van der Waals surface area contributed by atoms with Crippen LogP contribution in [0.25, 0.3) is 0 Å². The van der Waals surface area contributed by atoms with Gasteiger partial charge >= 0.3 is 0 Å². The Morgan fingerprint density at radius 3 is 2.58 bits per heavy atom. The number of allylic oxidation sites excluding steroid dienone is 4. The smallest absolute Gasteiger partial charge is 0.184 e. The Kier molecular flexibility index (Phi) is 6.26. The first kappa shape index (κ1) is 15.9. The van der Waals surface area contributed by atoms with Crippen LogP contribution < -0.4 is 0 Å². The van der Waals surface area contributed by atoms with Gasteiger partial charge in [0.15, 0.2) is 6.29 Å². The quantitative estimate of drug-likeness (QED) is 0.683. The molecule has 1 rings (SSSR count). The monoisotopic (exact) mass is 262 g/mol. The number of hydrogen-bond donors (Lipinski definition) is 0. The van der Waals surface area contributed by atoms with Gasteiger partial charge in [-0.3, -0.25) is 0 Å². The van der Waals surface area contributed by atoms with E-state index in [4.69, 9.17) is 9.47 Å². The van der Waals surface area contributed by atoms with Crippen LogP contribution in [-0.2, 0) is 9.47 Å². The Morgan fingerprint density at radius 2 is 2.00 bits per heavy atom. The standard InChI is InChI=1S/C17H26O2/c1-6-8-9-10-14(7-2)16-18-12-11-15(19-16)13-17(3,4)5/h6-10,15-16H,1-2,11-13H2,3-5H3/b9-8-,14-10+. The van der Waals surface area contributed by atoms with Crippen LogP contribution >= 0.6 is 0 Å². The summed E-state index contributed by atoms with van der Waals surface area (Å²) in [4.78, 5) is 0. The van der Waals surface area contributed by atoms with Crippen molar-refractivity contribution in [3.8, 4) is 0 Å². The molecule has 1 aliphatic rings. The van der Waals surface area contributed by atoms with Gasteiger partial charge in [-0.25, -0.2) is 0 Å². The van der Waals surface area contributed by atoms with Crippen LogP contribution in [0.3, 0.4) is 0 Å². The third kappa shape index (κ3) is 6.04. The lowest BCUT2D eigenvalue weighted by atomic mass is 9.88. The molecule has 1 fully saturated rings. The molecule has 0 radical (unpaired) electrons. The van der Waals surface area contributed by atoms with Crippen LogP contribution in [0.2, 0.25) is 0 Å². The highest BCUT2D eigenvalue weighted by Gasteiger charge is 2.27. The average Bonchev–Trinajstić information content (AvgIpc) is 2.33. The van der Waals surface area contributed by atoms with E-state index < -0.39 is 0 Å². The summed E-state index contributed by atoms with van der Waals surface area (Å²) in [7, 11) is 0. The van der Waals surface area contributed by atoms with Gasteiger partial charge in [0.1, 0.15) is 0 Å². The summed E-state index contributed by atoms with van der Waals surface area (Å²) >= 11 is 0. The molecular formula is C17H26O2. The summed E-state index contributed by atoms with van der Waals surface area (Å²) in [6.07, 6.45) is 11.2. The molecule has 2 nitrogen and oxygen atoms in total. The molecule has 19 heavy (non-hydrogen) atoms. The van der Waals surface area contributed by atoms with Crippen molar-refractivity contribution in [2.75, 3.05) is 6.61 Å². The van der Waals surface area contributed by atoms with Gasteiger partial charge in [-0.2, -0.15) is 0 Å². The molecule has 2 atom stereocenters. The van der Waals surface area contributed by atoms with Gasteiger partial charge in [-0.1, -0.05) is 64.3 Å². The molecule has 106 valence electrons. The third-order valence-electron chi connectivity index (χ3n) is 2.91. The normalized spacial score (nSPS) is 25.5. The molecule has 0 N–H and O–H groups in total. The van der Waals surface area contributed by atoms with E-state index in [0.29, 0.717) is 0 Å². The minimum atomic E-state index is -0.298. The van der Waals surface area contributed by atoms with Crippen LogP contribution in [0.5, 0.6) is 0 Å². The van der Waals surface area contributed by atoms with Gasteiger partial charge in [0.05, 0.1) is 12.7 Å². The number of rotatable bonds is 5. The molecular weight excluding hydrogens is 236 g/mol. The summed E-state index contributed by atoms with van der Waals surface area (Å²) < 4.78 is 11.7. The Morgan fingerprint density at radius 1 is 1.26 bits per heavy atom. The molecule has 2 unspecified atom stereocenters. The van der Waals surface area contributed by atoms with Crippen molar-refractivity contribution in [1.82, 2.24) is 0 Å². The van der Waals surface area contributed by atoms with Crippen molar-refractivity contribution in [2.24, 2.45) is 5.41 Å². The molecule has 0 spiro atoms. The van der Waals surface area contributed by atoms with Crippen LogP contribution in [0.15, 0.2) is 49.1 Å². The van der Waals surface area contributed by atoms with E-state index in [-0.39, 0.29) is 17.8 Å². The van der Waals surface area contributed by atoms with E-state index in [1.807, 2.05) is 18.2 Å². The Bertz CT molecular complexity index is 358. The highest BCUT2D eigenvalue weighted by molar-refractivity contribution is 5.26. The van der Waals surface area contributed by atoms with Gasteiger partial charge < -0.3 is 9.47 Å². The first-order valence-electron chi connectivity index (χ1n) is 6.85. The fraction of sp³-hybridized carbons (Fsp3) is 0.529. The predicted octanol–water partition coefficient (Wildman–Crippen LogP) is 4.41. The molecule has 0 aromatic heterocycles. The summed E-state index contributed by atoms with van der Waals surface area (Å²) in [5.41, 5.74) is 1.23. The molecule has 0 amide bonds. The van der Waals surface area contributed by atoms with E-state index >= 15 is 0 Å². The zero-order valence-electron chi connectivity index (χ0n) is 12.4. The first-order chi connectivity index (χ1) is 8.96. The fourth-order valence-corrected chi connectivity index (χ4v) is 2.08. The van der Waals surface area contributed by atoms with Gasteiger partial charge in [0.2, 0.25) is 0 Å². The van der Waals surface area contributed by atoms with Crippen molar-refractivity contribution < 1.29 is 9.47 Å². The second-order valence-electron chi connectivity index (χ2n) is 6.01. The summed E-state index contributed by atoms with van der Waals surface area (Å²) in [6.45, 7) is 14.9. The maximum absolute atomic E-state index is 6.02. The summed E-state index contributed by atoms with van der Waals surface area (Å²) in [5, 5.41) is 0. The molecule has 0 aliphatic carbocycles. The molecule has 0 bridgehead atoms. The molecule has 0 aromatic carbocycles. The van der Waals surface area contributed by atoms with Crippen molar-refractivity contribution >= 4 is 0 Å². The molecule has 0 aromatic rings. The van der Waals surface area contributed by atoms with E-state index in [1.165, 1.54) is 0 Å². The topological polar surface area (TPSA) is 18.5 Å². The fourth-order valence-electron chi connectivity index (χ4n) is 2.08. The maximum Gasteiger partial charge on any atom is 0.184 e. The minimum absolute atomic E-state index is 0.255. The van der Waals surface area contributed by atoms with E-state index in [2.05, 4.69) is 33.9 Å². The Labute approximate surface area is 117 Å². The average molecular weight is 262 g/mol. The predicted molar refractivity (Wildman–Crippen MR) is 80.9 cm³/mol. The molecule has 1 saturated heterocycles. The summed E-state index contributed by atoms with van der Waals surface area (Å²) in [5.74, 6) is 0. The minimum Gasteiger partial charge on any atom is -0.348 e. The van der Waals surface area contributed by atoms with Crippen molar-refractivity contribution in [2.45, 2.75) is 46.0 Å². The lowest BCUT2D eigenvalue weighted by molar-refractivity contribution is -0.197. The van der Waals surface area contributed by atoms with Crippen molar-refractivity contribution in [3.63, 3.8) is 0 Å². The van der Waals surface area contributed by atoms with Crippen LogP contribution in [-0.4, -0.2) is 19.0 Å². The zero-order valence-corrected chi connectivity index (χ0v) is 12.4. The van der Waals surface area contributed by atoms with Gasteiger partial charge in [-0.15, -0.1) is 0 Å². The molecule has 2 heteroatoms. The molecule has 0 saturated carbocycles. The first-order valence-corrected chi connectivity index (χ1v) is 6.85. The lowest BCUT2D eigenvalue weighted by Crippen LogP contribution is -2.35. The molecule has 1 heterocycles. The van der Waals surface area contributed by atoms with Gasteiger partial charge in [0.25, 0.3) is 0 Å². The zero-order chi connectivity index (χ0) is 14.3. The van der Waals surface area contributed by atoms with E-state index in [1.54, 1.807) is 12.2 Å². The maximum atomic E-state index is 6.02. The summed E-state index contributed by atoms with van der Waals surface area (Å²) in [6, 6.07) is 0. The third-order valence-corrected chi connectivity index (χ3v) is 2.91. The largest absolute Gasteiger partial charge is 0.348 e. The Hall–Kier alpha value is -1.12. The second-order valence-corrected chi connectivity index (χ2v) is 6.01. The van der Waals surface area contributed by atoms with Crippen molar-refractivity contribution in [3.05, 3.63) is 49.1 Å². The van der Waals surface area contributed by atoms with E-state index in [0.717, 1.165) is 25.0 Å². The van der Waals surface area contributed by atoms with Crippen LogP contribution in [0.4, 0.5) is 0 Å². The lowest BCUT2D eigenvalue weighted by Gasteiger charge is -2.34. The van der Waals surface area contributed by atoms with Crippen LogP contribution in [0.1, 0.15) is 33.6 Å². The van der Waals surface area contributed by atoms with Crippen LogP contribution in [0, 0.1) is 5.41 Å². The highest BCUT2D eigenvalue weighted by atomic mass is 16.7. The van der Waals surface area contributed by atoms with Gasteiger partial charge in [-0.05, 0) is 18.3 Å². The SMILES string of the molecule is C=C/C=C\C=C(/C=C)C1OCCC(CC(C)(C)C)O1. The van der Waals surface area contributed by atoms with Gasteiger partial charge in [0, 0.05) is 5.57 Å². The van der Waals surface area contributed by atoms with Crippen molar-refractivity contribution in [1.29, 1.82) is 0 Å². The number of hydrogen-bond acceptors (Lipinski definition) is 2. The molecule has 1 aliphatic heterocycles. The number of ether oxygens (including phenoxy) is 2. The Balaban J connectivity index is 2.66.